The summed E-state index contributed by atoms with van der Waals surface area (Å²) in [6.07, 6.45) is 0. The molecule has 2 N–H and O–H groups in total. The number of rotatable bonds is 4. The van der Waals surface area contributed by atoms with E-state index >= 15 is 0 Å². The SMILES string of the molecule is Cc1nc(C)c(C(C)NC(=O)c2nc(C(=O)O)cs2)s1. The molecule has 0 aliphatic heterocycles. The fraction of sp³-hybridized carbons (Fsp3) is 0.333. The van der Waals surface area contributed by atoms with Gasteiger partial charge in [-0.3, -0.25) is 4.79 Å². The van der Waals surface area contributed by atoms with Gasteiger partial charge in [-0.05, 0) is 20.8 Å². The van der Waals surface area contributed by atoms with Gasteiger partial charge < -0.3 is 10.4 Å². The van der Waals surface area contributed by atoms with Gasteiger partial charge in [0.15, 0.2) is 10.7 Å². The summed E-state index contributed by atoms with van der Waals surface area (Å²) in [6.45, 7) is 5.67. The van der Waals surface area contributed by atoms with Crippen molar-refractivity contribution in [2.45, 2.75) is 26.8 Å². The van der Waals surface area contributed by atoms with Crippen LogP contribution in [0.3, 0.4) is 0 Å². The summed E-state index contributed by atoms with van der Waals surface area (Å²) in [5.74, 6) is -1.51. The molecule has 2 aromatic rings. The highest BCUT2D eigenvalue weighted by atomic mass is 32.1. The molecule has 0 bridgehead atoms. The third kappa shape index (κ3) is 3.02. The van der Waals surface area contributed by atoms with Crippen LogP contribution in [0.2, 0.25) is 0 Å². The first-order chi connectivity index (χ1) is 9.38. The zero-order valence-electron chi connectivity index (χ0n) is 11.1. The van der Waals surface area contributed by atoms with Crippen molar-refractivity contribution in [2.24, 2.45) is 0 Å². The van der Waals surface area contributed by atoms with Crippen LogP contribution in [0.4, 0.5) is 0 Å². The summed E-state index contributed by atoms with van der Waals surface area (Å²) in [4.78, 5) is 31.8. The molecule has 0 aliphatic rings. The van der Waals surface area contributed by atoms with Gasteiger partial charge in [-0.1, -0.05) is 0 Å². The van der Waals surface area contributed by atoms with E-state index in [1.54, 1.807) is 0 Å². The van der Waals surface area contributed by atoms with E-state index in [-0.39, 0.29) is 22.7 Å². The largest absolute Gasteiger partial charge is 0.476 e. The minimum atomic E-state index is -1.14. The number of carboxylic acid groups (broad SMARTS) is 1. The van der Waals surface area contributed by atoms with E-state index in [4.69, 9.17) is 5.11 Å². The zero-order chi connectivity index (χ0) is 14.9. The predicted molar refractivity (Wildman–Crippen MR) is 76.5 cm³/mol. The van der Waals surface area contributed by atoms with Gasteiger partial charge >= 0.3 is 5.97 Å². The van der Waals surface area contributed by atoms with E-state index in [9.17, 15) is 9.59 Å². The van der Waals surface area contributed by atoms with Crippen molar-refractivity contribution in [1.82, 2.24) is 15.3 Å². The summed E-state index contributed by atoms with van der Waals surface area (Å²) >= 11 is 2.55. The second-order valence-corrected chi connectivity index (χ2v) is 6.31. The highest BCUT2D eigenvalue weighted by Crippen LogP contribution is 2.24. The first-order valence-corrected chi connectivity index (χ1v) is 7.51. The number of aromatic carboxylic acids is 1. The van der Waals surface area contributed by atoms with Crippen molar-refractivity contribution in [3.05, 3.63) is 31.7 Å². The molecule has 8 heteroatoms. The van der Waals surface area contributed by atoms with Crippen LogP contribution in [-0.4, -0.2) is 27.0 Å². The smallest absolute Gasteiger partial charge is 0.355 e. The minimum Gasteiger partial charge on any atom is -0.476 e. The first kappa shape index (κ1) is 14.6. The minimum absolute atomic E-state index is 0.113. The molecule has 0 saturated heterocycles. The Labute approximate surface area is 123 Å². The topological polar surface area (TPSA) is 92.2 Å². The maximum absolute atomic E-state index is 12.0. The number of carboxylic acids is 1. The fourth-order valence-corrected chi connectivity index (χ4v) is 3.37. The number of hydrogen-bond donors (Lipinski definition) is 2. The van der Waals surface area contributed by atoms with Crippen LogP contribution >= 0.6 is 22.7 Å². The lowest BCUT2D eigenvalue weighted by atomic mass is 10.2. The fourth-order valence-electron chi connectivity index (χ4n) is 1.75. The monoisotopic (exact) mass is 311 g/mol. The molecule has 2 heterocycles. The van der Waals surface area contributed by atoms with Crippen molar-refractivity contribution in [3.63, 3.8) is 0 Å². The van der Waals surface area contributed by atoms with Crippen molar-refractivity contribution in [1.29, 1.82) is 0 Å². The highest BCUT2D eigenvalue weighted by Gasteiger charge is 2.19. The number of carbonyl (C=O) groups is 2. The molecule has 6 nitrogen and oxygen atoms in total. The van der Waals surface area contributed by atoms with Crippen LogP contribution in [0.5, 0.6) is 0 Å². The Hall–Kier alpha value is -1.80. The molecule has 1 unspecified atom stereocenters. The van der Waals surface area contributed by atoms with E-state index in [2.05, 4.69) is 15.3 Å². The summed E-state index contributed by atoms with van der Waals surface area (Å²) in [5, 5.41) is 14.0. The van der Waals surface area contributed by atoms with Gasteiger partial charge in [-0.15, -0.1) is 22.7 Å². The van der Waals surface area contributed by atoms with Crippen LogP contribution in [-0.2, 0) is 0 Å². The van der Waals surface area contributed by atoms with E-state index in [1.165, 1.54) is 16.7 Å². The molecule has 106 valence electrons. The van der Waals surface area contributed by atoms with Crippen molar-refractivity contribution in [3.8, 4) is 0 Å². The molecule has 0 aromatic carbocycles. The summed E-state index contributed by atoms with van der Waals surface area (Å²) < 4.78 is 0. The van der Waals surface area contributed by atoms with E-state index in [1.807, 2.05) is 20.8 Å². The lowest BCUT2D eigenvalue weighted by Crippen LogP contribution is -2.26. The average molecular weight is 311 g/mol. The van der Waals surface area contributed by atoms with Gasteiger partial charge in [0.05, 0.1) is 16.7 Å². The van der Waals surface area contributed by atoms with Crippen molar-refractivity contribution < 1.29 is 14.7 Å². The first-order valence-electron chi connectivity index (χ1n) is 5.82. The number of thiazole rings is 2. The van der Waals surface area contributed by atoms with Gasteiger partial charge in [0, 0.05) is 10.3 Å². The third-order valence-electron chi connectivity index (χ3n) is 2.60. The van der Waals surface area contributed by atoms with E-state index in [0.29, 0.717) is 0 Å². The Morgan fingerprint density at radius 3 is 2.55 bits per heavy atom. The van der Waals surface area contributed by atoms with Crippen molar-refractivity contribution >= 4 is 34.6 Å². The molecule has 0 radical (unpaired) electrons. The van der Waals surface area contributed by atoms with Gasteiger partial charge in [0.25, 0.3) is 5.91 Å². The van der Waals surface area contributed by atoms with Crippen LogP contribution in [0.1, 0.15) is 48.8 Å². The molecule has 0 saturated carbocycles. The standard InChI is InChI=1S/C12H13N3O3S2/c1-5-9(20-7(3)13-5)6(2)14-10(16)11-15-8(4-19-11)12(17)18/h4,6H,1-3H3,(H,14,16)(H,17,18). The number of carbonyl (C=O) groups excluding carboxylic acids is 1. The molecular weight excluding hydrogens is 298 g/mol. The number of hydrogen-bond acceptors (Lipinski definition) is 6. The maximum Gasteiger partial charge on any atom is 0.355 e. The van der Waals surface area contributed by atoms with Crippen LogP contribution in [0.15, 0.2) is 5.38 Å². The molecule has 20 heavy (non-hydrogen) atoms. The Balaban J connectivity index is 2.10. The molecule has 0 spiro atoms. The summed E-state index contributed by atoms with van der Waals surface area (Å²) in [5.41, 5.74) is 0.781. The van der Waals surface area contributed by atoms with Gasteiger partial charge in [0.1, 0.15) is 0 Å². The van der Waals surface area contributed by atoms with E-state index in [0.717, 1.165) is 26.9 Å². The quantitative estimate of drug-likeness (QED) is 0.904. The number of aromatic nitrogens is 2. The van der Waals surface area contributed by atoms with Gasteiger partial charge in [-0.2, -0.15) is 0 Å². The Kier molecular flexibility index (Phi) is 4.15. The predicted octanol–water partition coefficient (Wildman–Crippen LogP) is 2.41. The molecule has 0 fully saturated rings. The zero-order valence-corrected chi connectivity index (χ0v) is 12.8. The van der Waals surface area contributed by atoms with Gasteiger partial charge in [-0.25, -0.2) is 14.8 Å². The molecule has 2 aromatic heterocycles. The normalized spacial score (nSPS) is 12.2. The van der Waals surface area contributed by atoms with E-state index < -0.39 is 5.97 Å². The Bertz CT molecular complexity index is 663. The van der Waals surface area contributed by atoms with Crippen LogP contribution in [0, 0.1) is 13.8 Å². The second kappa shape index (κ2) is 5.68. The Morgan fingerprint density at radius 1 is 1.35 bits per heavy atom. The Morgan fingerprint density at radius 2 is 2.05 bits per heavy atom. The molecular formula is C12H13N3O3S2. The number of nitrogens with one attached hydrogen (secondary N) is 1. The molecule has 1 atom stereocenters. The van der Waals surface area contributed by atoms with Gasteiger partial charge in [0.2, 0.25) is 0 Å². The number of nitrogens with zero attached hydrogens (tertiary/aromatic N) is 2. The molecule has 2 rings (SSSR count). The lowest BCUT2D eigenvalue weighted by molar-refractivity contribution is 0.0691. The summed E-state index contributed by atoms with van der Waals surface area (Å²) in [6, 6.07) is -0.189. The van der Waals surface area contributed by atoms with Crippen molar-refractivity contribution in [2.75, 3.05) is 0 Å². The average Bonchev–Trinajstić information content (AvgIpc) is 2.95. The van der Waals surface area contributed by atoms with Crippen LogP contribution in [0.25, 0.3) is 0 Å². The third-order valence-corrected chi connectivity index (χ3v) is 4.69. The second-order valence-electron chi connectivity index (χ2n) is 4.22. The summed E-state index contributed by atoms with van der Waals surface area (Å²) in [7, 11) is 0. The maximum atomic E-state index is 12.0. The lowest BCUT2D eigenvalue weighted by Gasteiger charge is -2.11. The van der Waals surface area contributed by atoms with Crippen LogP contribution < -0.4 is 5.32 Å². The highest BCUT2D eigenvalue weighted by molar-refractivity contribution is 7.12. The molecule has 0 aliphatic carbocycles. The number of amides is 1. The molecule has 1 amide bonds. The number of aryl methyl sites for hydroxylation is 2.